The van der Waals surface area contributed by atoms with Crippen LogP contribution in [0.5, 0.6) is 28.7 Å². The van der Waals surface area contributed by atoms with Crippen LogP contribution in [-0.2, 0) is 20.8 Å². The summed E-state index contributed by atoms with van der Waals surface area (Å²) in [5, 5.41) is 0.418. The van der Waals surface area contributed by atoms with Crippen LogP contribution in [0, 0.1) is 12.7 Å². The van der Waals surface area contributed by atoms with Gasteiger partial charge in [-0.1, -0.05) is 13.0 Å². The van der Waals surface area contributed by atoms with Crippen molar-refractivity contribution >= 4 is 28.9 Å². The van der Waals surface area contributed by atoms with Gasteiger partial charge in [0.2, 0.25) is 5.75 Å². The average molecular weight is 593 g/mol. The van der Waals surface area contributed by atoms with Gasteiger partial charge in [0.25, 0.3) is 0 Å². The lowest BCUT2D eigenvalue weighted by molar-refractivity contribution is -0.133. The van der Waals surface area contributed by atoms with Crippen LogP contribution in [0.4, 0.5) is 4.39 Å². The summed E-state index contributed by atoms with van der Waals surface area (Å²) in [4.78, 5) is 48.9. The number of aryl methyl sites for hydroxylation is 2. The van der Waals surface area contributed by atoms with Gasteiger partial charge in [0.15, 0.2) is 23.1 Å². The number of hydrogen-bond donors (Lipinski definition) is 0. The fourth-order valence-electron chi connectivity index (χ4n) is 4.82. The number of carbonyl (C=O) groups excluding carboxylic acids is 3. The summed E-state index contributed by atoms with van der Waals surface area (Å²) in [6.07, 6.45) is 0.450. The summed E-state index contributed by atoms with van der Waals surface area (Å²) >= 11 is 0. The molecule has 0 spiro atoms. The molecule has 0 atom stereocenters. The minimum absolute atomic E-state index is 0.0000992. The summed E-state index contributed by atoms with van der Waals surface area (Å²) in [5.74, 6) is -2.58. The number of carbonyl (C=O) groups is 3. The van der Waals surface area contributed by atoms with E-state index in [0.717, 1.165) is 13.0 Å². The molecule has 0 aliphatic rings. The highest BCUT2D eigenvalue weighted by atomic mass is 19.1. The van der Waals surface area contributed by atoms with Crippen molar-refractivity contribution in [1.29, 1.82) is 0 Å². The van der Waals surface area contributed by atoms with Crippen LogP contribution in [0.1, 0.15) is 38.8 Å². The number of methoxy groups -OCH3 is 2. The molecule has 0 radical (unpaired) electrons. The molecule has 0 N–H and O–H groups in total. The Balaban J connectivity index is 2.17. The molecule has 0 amide bonds. The molecule has 11 heteroatoms. The molecule has 4 aromatic rings. The second-order valence-electron chi connectivity index (χ2n) is 9.50. The number of ether oxygens (including phenoxy) is 5. The fraction of sp³-hybridized carbons (Fsp3) is 0.250. The molecule has 43 heavy (non-hydrogen) atoms. The van der Waals surface area contributed by atoms with Crippen molar-refractivity contribution in [2.24, 2.45) is 0 Å². The van der Waals surface area contributed by atoms with Crippen LogP contribution in [0.3, 0.4) is 0 Å². The first kappa shape index (κ1) is 30.8. The predicted molar refractivity (Wildman–Crippen MR) is 154 cm³/mol. The number of hydrogen-bond acceptors (Lipinski definition) is 10. The number of esters is 3. The van der Waals surface area contributed by atoms with Crippen molar-refractivity contribution < 1.29 is 46.9 Å². The molecule has 10 nitrogen and oxygen atoms in total. The highest BCUT2D eigenvalue weighted by Gasteiger charge is 2.26. The van der Waals surface area contributed by atoms with Crippen molar-refractivity contribution in [3.8, 4) is 51.0 Å². The van der Waals surface area contributed by atoms with Crippen LogP contribution in [0.2, 0.25) is 0 Å². The third-order valence-electron chi connectivity index (χ3n) is 6.55. The summed E-state index contributed by atoms with van der Waals surface area (Å²) < 4.78 is 47.7. The van der Waals surface area contributed by atoms with Crippen LogP contribution >= 0.6 is 0 Å². The minimum atomic E-state index is -0.843. The fourth-order valence-corrected chi connectivity index (χ4v) is 4.82. The number of fused-ring (bicyclic) bond motifs is 1. The molecule has 4 rings (SSSR count). The lowest BCUT2D eigenvalue weighted by Crippen LogP contribution is -2.11. The Bertz CT molecular complexity index is 1810. The zero-order valence-electron chi connectivity index (χ0n) is 24.6. The van der Waals surface area contributed by atoms with Gasteiger partial charge in [-0.25, -0.2) is 9.18 Å². The first-order valence-electron chi connectivity index (χ1n) is 13.1. The maximum absolute atomic E-state index is 15.3. The lowest BCUT2D eigenvalue weighted by Gasteiger charge is -2.19. The molecular formula is C32H29FO10. The van der Waals surface area contributed by atoms with Gasteiger partial charge in [0.1, 0.15) is 11.3 Å². The highest BCUT2D eigenvalue weighted by Crippen LogP contribution is 2.46. The maximum Gasteiger partial charge on any atom is 0.344 e. The quantitative estimate of drug-likeness (QED) is 0.138. The van der Waals surface area contributed by atoms with Crippen molar-refractivity contribution in [3.05, 3.63) is 63.8 Å². The van der Waals surface area contributed by atoms with Gasteiger partial charge in [-0.15, -0.1) is 0 Å². The molecule has 0 aliphatic heterocycles. The summed E-state index contributed by atoms with van der Waals surface area (Å²) in [6.45, 7) is 7.15. The minimum Gasteiger partial charge on any atom is -0.493 e. The Kier molecular flexibility index (Phi) is 8.84. The largest absolute Gasteiger partial charge is 0.493 e. The van der Waals surface area contributed by atoms with Crippen molar-refractivity contribution in [2.45, 2.75) is 41.0 Å². The lowest BCUT2D eigenvalue weighted by atomic mass is 9.90. The van der Waals surface area contributed by atoms with Gasteiger partial charge >= 0.3 is 23.5 Å². The van der Waals surface area contributed by atoms with Gasteiger partial charge in [-0.3, -0.25) is 14.4 Å². The Morgan fingerprint density at radius 2 is 1.35 bits per heavy atom. The van der Waals surface area contributed by atoms with Gasteiger partial charge in [-0.2, -0.15) is 0 Å². The molecule has 0 aliphatic carbocycles. The van der Waals surface area contributed by atoms with E-state index in [4.69, 9.17) is 28.1 Å². The molecule has 1 aromatic heterocycles. The summed E-state index contributed by atoms with van der Waals surface area (Å²) in [6, 6.07) is 8.56. The van der Waals surface area contributed by atoms with E-state index in [1.165, 1.54) is 52.3 Å². The van der Waals surface area contributed by atoms with Crippen LogP contribution in [0.15, 0.2) is 45.6 Å². The molecule has 0 unspecified atom stereocenters. The van der Waals surface area contributed by atoms with Crippen molar-refractivity contribution in [1.82, 2.24) is 0 Å². The average Bonchev–Trinajstić information content (AvgIpc) is 2.94. The highest BCUT2D eigenvalue weighted by molar-refractivity contribution is 6.03. The van der Waals surface area contributed by atoms with Crippen molar-refractivity contribution in [2.75, 3.05) is 14.2 Å². The number of halogens is 1. The van der Waals surface area contributed by atoms with E-state index in [1.54, 1.807) is 13.0 Å². The third kappa shape index (κ3) is 6.06. The Morgan fingerprint density at radius 1 is 0.767 bits per heavy atom. The Morgan fingerprint density at radius 3 is 1.86 bits per heavy atom. The predicted octanol–water partition coefficient (Wildman–Crippen LogP) is 5.93. The molecule has 0 fully saturated rings. The van der Waals surface area contributed by atoms with Crippen LogP contribution < -0.4 is 29.3 Å². The first-order valence-corrected chi connectivity index (χ1v) is 13.1. The van der Waals surface area contributed by atoms with E-state index < -0.39 is 29.4 Å². The molecule has 1 heterocycles. The zero-order chi connectivity index (χ0) is 31.6. The SMILES string of the molecule is CCc1cc2c(-c3ccc(OC(C)=O)c(F)c3)c(-c3cc(OC)c(OC(C)=O)c(OC)c3)c(=O)oc2c(C)c1OC(C)=O. The van der Waals surface area contributed by atoms with Crippen LogP contribution in [0.25, 0.3) is 33.2 Å². The third-order valence-corrected chi connectivity index (χ3v) is 6.55. The van der Waals surface area contributed by atoms with Gasteiger partial charge < -0.3 is 28.1 Å². The molecule has 0 saturated carbocycles. The van der Waals surface area contributed by atoms with E-state index in [-0.39, 0.29) is 56.6 Å². The van der Waals surface area contributed by atoms with Gasteiger partial charge in [0.05, 0.1) is 19.8 Å². The summed E-state index contributed by atoms with van der Waals surface area (Å²) in [5.41, 5.74) is 1.14. The molecule has 224 valence electrons. The first-order chi connectivity index (χ1) is 20.4. The Labute approximate surface area is 245 Å². The monoisotopic (exact) mass is 592 g/mol. The van der Waals surface area contributed by atoms with Gasteiger partial charge in [-0.05, 0) is 60.4 Å². The van der Waals surface area contributed by atoms with E-state index in [1.807, 2.05) is 6.92 Å². The zero-order valence-corrected chi connectivity index (χ0v) is 24.6. The molecule has 0 saturated heterocycles. The second kappa shape index (κ2) is 12.4. The smallest absolute Gasteiger partial charge is 0.344 e. The standard InChI is InChI=1S/C32H29FO10/c1-8-19-11-22-27(20-9-10-24(23(33)12-20)40-16(3)34)28(32(37)43-30(22)15(2)29(19)41-17(4)35)21-13-25(38-6)31(42-18(5)36)26(14-21)39-7/h9-14H,8H2,1-7H3. The van der Waals surface area contributed by atoms with E-state index in [0.29, 0.717) is 22.9 Å². The van der Waals surface area contributed by atoms with E-state index in [2.05, 4.69) is 0 Å². The van der Waals surface area contributed by atoms with E-state index in [9.17, 15) is 19.2 Å². The van der Waals surface area contributed by atoms with Crippen LogP contribution in [-0.4, -0.2) is 32.1 Å². The molecule has 0 bridgehead atoms. The second-order valence-corrected chi connectivity index (χ2v) is 9.50. The van der Waals surface area contributed by atoms with Crippen molar-refractivity contribution in [3.63, 3.8) is 0 Å². The Hall–Kier alpha value is -5.19. The number of benzene rings is 3. The normalized spacial score (nSPS) is 10.8. The topological polar surface area (TPSA) is 128 Å². The maximum atomic E-state index is 15.3. The molecular weight excluding hydrogens is 563 g/mol. The summed E-state index contributed by atoms with van der Waals surface area (Å²) in [7, 11) is 2.71. The number of rotatable bonds is 8. The van der Waals surface area contributed by atoms with Gasteiger partial charge in [0, 0.05) is 37.3 Å². The molecule has 3 aromatic carbocycles. The van der Waals surface area contributed by atoms with E-state index >= 15 is 4.39 Å².